The van der Waals surface area contributed by atoms with E-state index in [9.17, 15) is 9.59 Å². The summed E-state index contributed by atoms with van der Waals surface area (Å²) in [4.78, 5) is 31.5. The normalized spacial score (nSPS) is 20.4. The highest BCUT2D eigenvalue weighted by Crippen LogP contribution is 2.46. The molecule has 2 aromatic rings. The average Bonchev–Trinajstić information content (AvgIpc) is 3.24. The summed E-state index contributed by atoms with van der Waals surface area (Å²) in [6, 6.07) is 15.4. The van der Waals surface area contributed by atoms with Crippen molar-refractivity contribution in [3.63, 3.8) is 0 Å². The Morgan fingerprint density at radius 2 is 1.86 bits per heavy atom. The number of nitrogens with zero attached hydrogens (tertiary/aromatic N) is 3. The fourth-order valence-electron chi connectivity index (χ4n) is 4.59. The lowest BCUT2D eigenvalue weighted by Gasteiger charge is -2.26. The Morgan fingerprint density at radius 3 is 2.59 bits per heavy atom. The van der Waals surface area contributed by atoms with Gasteiger partial charge in [0, 0.05) is 49.0 Å². The van der Waals surface area contributed by atoms with Crippen LogP contribution in [-0.2, 0) is 10.2 Å². The molecule has 0 aliphatic carbocycles. The zero-order valence-corrected chi connectivity index (χ0v) is 17.3. The van der Waals surface area contributed by atoms with E-state index in [1.54, 1.807) is 0 Å². The van der Waals surface area contributed by atoms with Crippen molar-refractivity contribution in [2.75, 3.05) is 57.5 Å². The number of likely N-dealkylation sites (tertiary alicyclic amines) is 1. The number of hydrogen-bond acceptors (Lipinski definition) is 4. The fraction of sp³-hybridized carbons (Fsp3) is 0.391. The standard InChI is InChI=1S/C23H28N4O2/c1-25(2)14-21(28)27-12-11-23(16-27)15-26(3)20-10-9-17(13-19(20)23)22(29)24-18-7-5-4-6-8-18/h4-10,13H,11-12,14-16H2,1-3H3,(H,24,29). The number of amides is 2. The van der Waals surface area contributed by atoms with Crippen molar-refractivity contribution >= 4 is 23.2 Å². The smallest absolute Gasteiger partial charge is 0.255 e. The third-order valence-electron chi connectivity index (χ3n) is 5.97. The van der Waals surface area contributed by atoms with E-state index >= 15 is 0 Å². The molecule has 0 aromatic heterocycles. The minimum Gasteiger partial charge on any atom is -0.373 e. The van der Waals surface area contributed by atoms with Gasteiger partial charge in [0.2, 0.25) is 5.91 Å². The number of likely N-dealkylation sites (N-methyl/N-ethyl adjacent to an activating group) is 2. The van der Waals surface area contributed by atoms with E-state index in [-0.39, 0.29) is 17.2 Å². The second-order valence-electron chi connectivity index (χ2n) is 8.49. The van der Waals surface area contributed by atoms with Gasteiger partial charge in [0.25, 0.3) is 5.91 Å². The van der Waals surface area contributed by atoms with E-state index < -0.39 is 0 Å². The first-order valence-electron chi connectivity index (χ1n) is 10.0. The van der Waals surface area contributed by atoms with Crippen molar-refractivity contribution < 1.29 is 9.59 Å². The highest BCUT2D eigenvalue weighted by atomic mass is 16.2. The monoisotopic (exact) mass is 392 g/mol. The Labute approximate surface area is 172 Å². The zero-order valence-electron chi connectivity index (χ0n) is 17.3. The Kier molecular flexibility index (Phi) is 5.04. The van der Waals surface area contributed by atoms with E-state index in [2.05, 4.69) is 17.3 Å². The summed E-state index contributed by atoms with van der Waals surface area (Å²) in [7, 11) is 5.92. The summed E-state index contributed by atoms with van der Waals surface area (Å²) < 4.78 is 0. The SMILES string of the molecule is CN(C)CC(=O)N1CCC2(C1)CN(C)c1ccc(C(=O)Nc3ccccc3)cc12. The Bertz CT molecular complexity index is 928. The maximum atomic E-state index is 12.8. The first kappa shape index (κ1) is 19.5. The third kappa shape index (κ3) is 3.72. The van der Waals surface area contributed by atoms with Crippen molar-refractivity contribution in [1.29, 1.82) is 0 Å². The molecule has 2 aliphatic heterocycles. The molecule has 1 N–H and O–H groups in total. The van der Waals surface area contributed by atoms with Crippen LogP contribution in [0.1, 0.15) is 22.3 Å². The van der Waals surface area contributed by atoms with Crippen molar-refractivity contribution in [1.82, 2.24) is 9.80 Å². The fourth-order valence-corrected chi connectivity index (χ4v) is 4.59. The minimum atomic E-state index is -0.109. The van der Waals surface area contributed by atoms with E-state index in [1.165, 1.54) is 5.56 Å². The van der Waals surface area contributed by atoms with Crippen molar-refractivity contribution in [3.8, 4) is 0 Å². The summed E-state index contributed by atoms with van der Waals surface area (Å²) >= 11 is 0. The highest BCUT2D eigenvalue weighted by molar-refractivity contribution is 6.04. The molecule has 0 saturated carbocycles. The number of carbonyl (C=O) groups is 2. The molecule has 0 radical (unpaired) electrons. The summed E-state index contributed by atoms with van der Waals surface area (Å²) in [5.41, 5.74) is 3.67. The molecule has 0 bridgehead atoms. The van der Waals surface area contributed by atoms with E-state index in [1.807, 2.05) is 72.4 Å². The van der Waals surface area contributed by atoms with Crippen LogP contribution in [-0.4, -0.2) is 68.9 Å². The summed E-state index contributed by atoms with van der Waals surface area (Å²) in [6.07, 6.45) is 0.924. The molecule has 1 fully saturated rings. The molecule has 6 nitrogen and oxygen atoms in total. The molecule has 2 heterocycles. The van der Waals surface area contributed by atoms with Gasteiger partial charge in [-0.3, -0.25) is 9.59 Å². The average molecular weight is 393 g/mol. The number of benzene rings is 2. The summed E-state index contributed by atoms with van der Waals surface area (Å²) in [5.74, 6) is 0.0585. The van der Waals surface area contributed by atoms with Gasteiger partial charge in [0.1, 0.15) is 0 Å². The van der Waals surface area contributed by atoms with Crippen LogP contribution in [0.4, 0.5) is 11.4 Å². The molecule has 2 aliphatic rings. The molecule has 2 amide bonds. The van der Waals surface area contributed by atoms with E-state index in [0.29, 0.717) is 18.7 Å². The van der Waals surface area contributed by atoms with Gasteiger partial charge >= 0.3 is 0 Å². The van der Waals surface area contributed by atoms with Gasteiger partial charge in [-0.05, 0) is 56.4 Å². The lowest BCUT2D eigenvalue weighted by Crippen LogP contribution is -2.40. The zero-order chi connectivity index (χ0) is 20.6. The van der Waals surface area contributed by atoms with Gasteiger partial charge in [0.15, 0.2) is 0 Å². The van der Waals surface area contributed by atoms with E-state index in [0.717, 1.165) is 30.9 Å². The van der Waals surface area contributed by atoms with Gasteiger partial charge in [-0.2, -0.15) is 0 Å². The number of para-hydroxylation sites is 1. The maximum absolute atomic E-state index is 12.8. The second-order valence-corrected chi connectivity index (χ2v) is 8.49. The van der Waals surface area contributed by atoms with Crippen molar-refractivity contribution in [2.24, 2.45) is 0 Å². The number of hydrogen-bond donors (Lipinski definition) is 1. The van der Waals surface area contributed by atoms with Crippen LogP contribution in [0, 0.1) is 0 Å². The Morgan fingerprint density at radius 1 is 1.10 bits per heavy atom. The van der Waals surface area contributed by atoms with Crippen LogP contribution >= 0.6 is 0 Å². The number of nitrogens with one attached hydrogen (secondary N) is 1. The lowest BCUT2D eigenvalue weighted by molar-refractivity contribution is -0.130. The molecule has 6 heteroatoms. The first-order chi connectivity index (χ1) is 13.9. The van der Waals surface area contributed by atoms with Crippen molar-refractivity contribution in [2.45, 2.75) is 11.8 Å². The van der Waals surface area contributed by atoms with Gasteiger partial charge in [-0.25, -0.2) is 0 Å². The largest absolute Gasteiger partial charge is 0.373 e. The molecule has 29 heavy (non-hydrogen) atoms. The van der Waals surface area contributed by atoms with Crippen LogP contribution < -0.4 is 10.2 Å². The number of rotatable bonds is 4. The molecule has 2 aromatic carbocycles. The molecular formula is C23H28N4O2. The molecule has 1 unspecified atom stereocenters. The first-order valence-corrected chi connectivity index (χ1v) is 10.0. The highest BCUT2D eigenvalue weighted by Gasteiger charge is 2.47. The Hall–Kier alpha value is -2.86. The van der Waals surface area contributed by atoms with Gasteiger partial charge in [-0.15, -0.1) is 0 Å². The van der Waals surface area contributed by atoms with Gasteiger partial charge < -0.3 is 20.0 Å². The quantitative estimate of drug-likeness (QED) is 0.868. The van der Waals surface area contributed by atoms with Crippen LogP contribution in [0.3, 0.4) is 0 Å². The number of anilines is 2. The predicted octanol–water partition coefficient (Wildman–Crippen LogP) is 2.42. The van der Waals surface area contributed by atoms with Gasteiger partial charge in [-0.1, -0.05) is 18.2 Å². The molecule has 1 saturated heterocycles. The molecular weight excluding hydrogens is 364 g/mol. The maximum Gasteiger partial charge on any atom is 0.255 e. The van der Waals surface area contributed by atoms with Crippen LogP contribution in [0.2, 0.25) is 0 Å². The van der Waals surface area contributed by atoms with Crippen molar-refractivity contribution in [3.05, 3.63) is 59.7 Å². The number of carbonyl (C=O) groups excluding carboxylic acids is 2. The number of fused-ring (bicyclic) bond motifs is 2. The predicted molar refractivity (Wildman–Crippen MR) is 116 cm³/mol. The topological polar surface area (TPSA) is 55.9 Å². The van der Waals surface area contributed by atoms with Crippen LogP contribution in [0.25, 0.3) is 0 Å². The molecule has 4 rings (SSSR count). The molecule has 1 spiro atoms. The third-order valence-corrected chi connectivity index (χ3v) is 5.97. The molecule has 1 atom stereocenters. The Balaban J connectivity index is 1.58. The summed E-state index contributed by atoms with van der Waals surface area (Å²) in [5, 5.41) is 2.97. The second kappa shape index (κ2) is 7.52. The van der Waals surface area contributed by atoms with E-state index in [4.69, 9.17) is 0 Å². The molecule has 152 valence electrons. The summed E-state index contributed by atoms with van der Waals surface area (Å²) in [6.45, 7) is 2.78. The lowest BCUT2D eigenvalue weighted by atomic mass is 9.81. The minimum absolute atomic E-state index is 0.102. The van der Waals surface area contributed by atoms with Crippen LogP contribution in [0.15, 0.2) is 48.5 Å². The van der Waals surface area contributed by atoms with Crippen LogP contribution in [0.5, 0.6) is 0 Å². The van der Waals surface area contributed by atoms with Gasteiger partial charge in [0.05, 0.1) is 6.54 Å².